The van der Waals surface area contributed by atoms with E-state index in [1.165, 1.54) is 0 Å². The first-order valence-corrected chi connectivity index (χ1v) is 6.42. The van der Waals surface area contributed by atoms with Gasteiger partial charge in [0.25, 0.3) is 0 Å². The number of esters is 1. The molecule has 2 rings (SSSR count). The third-order valence-electron chi connectivity index (χ3n) is 3.32. The molecule has 0 saturated heterocycles. The first kappa shape index (κ1) is 14.1. The Labute approximate surface area is 118 Å². The van der Waals surface area contributed by atoms with Gasteiger partial charge < -0.3 is 9.15 Å². The van der Waals surface area contributed by atoms with Crippen LogP contribution in [0.1, 0.15) is 30.5 Å². The Morgan fingerprint density at radius 3 is 2.35 bits per heavy atom. The fourth-order valence-electron chi connectivity index (χ4n) is 1.96. The van der Waals surface area contributed by atoms with Crippen LogP contribution in [0.3, 0.4) is 0 Å². The summed E-state index contributed by atoms with van der Waals surface area (Å²) in [5, 5.41) is 0. The topological polar surface area (TPSA) is 39.4 Å². The second-order valence-electron chi connectivity index (χ2n) is 5.08. The lowest BCUT2D eigenvalue weighted by atomic mass is 9.89. The number of furan rings is 1. The van der Waals surface area contributed by atoms with Crippen LogP contribution in [0.15, 0.2) is 59.4 Å². The molecule has 0 spiro atoms. The van der Waals surface area contributed by atoms with E-state index in [9.17, 15) is 4.79 Å². The number of hydrogen-bond acceptors (Lipinski definition) is 3. The van der Waals surface area contributed by atoms with Gasteiger partial charge in [0.15, 0.2) is 5.60 Å². The molecular weight excluding hydrogens is 252 g/mol. The monoisotopic (exact) mass is 270 g/mol. The standard InChI is InChI=1S/C17H18O3/c1-12(2)16(18)20-17(4,15-9-10-19-11-15)14-7-5-13(3)6-8-14/h5-11H,1H2,2-4H3. The lowest BCUT2D eigenvalue weighted by Gasteiger charge is -2.29. The van der Waals surface area contributed by atoms with Gasteiger partial charge in [-0.25, -0.2) is 4.79 Å². The SMILES string of the molecule is C=C(C)C(=O)OC(C)(c1ccc(C)cc1)c1ccoc1. The van der Waals surface area contributed by atoms with E-state index in [0.717, 1.165) is 16.7 Å². The van der Waals surface area contributed by atoms with Gasteiger partial charge in [-0.05, 0) is 32.4 Å². The van der Waals surface area contributed by atoms with E-state index in [4.69, 9.17) is 9.15 Å². The molecule has 1 unspecified atom stereocenters. The maximum absolute atomic E-state index is 11.9. The highest BCUT2D eigenvalue weighted by Crippen LogP contribution is 2.34. The Hall–Kier alpha value is -2.29. The van der Waals surface area contributed by atoms with E-state index in [1.807, 2.05) is 38.1 Å². The molecule has 2 aromatic rings. The Bertz CT molecular complexity index is 608. The summed E-state index contributed by atoms with van der Waals surface area (Å²) in [5.41, 5.74) is 2.30. The van der Waals surface area contributed by atoms with Gasteiger partial charge in [0.2, 0.25) is 0 Å². The van der Waals surface area contributed by atoms with Crippen molar-refractivity contribution < 1.29 is 13.9 Å². The molecule has 1 heterocycles. The fourth-order valence-corrected chi connectivity index (χ4v) is 1.96. The number of carbonyl (C=O) groups is 1. The maximum atomic E-state index is 11.9. The van der Waals surface area contributed by atoms with Gasteiger partial charge in [0.05, 0.1) is 12.5 Å². The molecule has 3 heteroatoms. The fraction of sp³-hybridized carbons (Fsp3) is 0.235. The van der Waals surface area contributed by atoms with Gasteiger partial charge >= 0.3 is 5.97 Å². The molecule has 0 saturated carbocycles. The molecule has 0 N–H and O–H groups in total. The van der Waals surface area contributed by atoms with Crippen molar-refractivity contribution in [3.63, 3.8) is 0 Å². The van der Waals surface area contributed by atoms with Crippen molar-refractivity contribution in [2.24, 2.45) is 0 Å². The van der Waals surface area contributed by atoms with Crippen LogP contribution in [0.25, 0.3) is 0 Å². The van der Waals surface area contributed by atoms with Crippen molar-refractivity contribution >= 4 is 5.97 Å². The Balaban J connectivity index is 2.46. The lowest BCUT2D eigenvalue weighted by molar-refractivity contribution is -0.150. The zero-order valence-corrected chi connectivity index (χ0v) is 12.0. The smallest absolute Gasteiger partial charge is 0.334 e. The average molecular weight is 270 g/mol. The summed E-state index contributed by atoms with van der Waals surface area (Å²) in [6.07, 6.45) is 3.15. The summed E-state index contributed by atoms with van der Waals surface area (Å²) in [4.78, 5) is 11.9. The number of benzene rings is 1. The molecule has 0 amide bonds. The molecule has 3 nitrogen and oxygen atoms in total. The summed E-state index contributed by atoms with van der Waals surface area (Å²) in [6, 6.07) is 9.68. The molecule has 0 aliphatic carbocycles. The van der Waals surface area contributed by atoms with E-state index >= 15 is 0 Å². The van der Waals surface area contributed by atoms with E-state index in [1.54, 1.807) is 25.5 Å². The minimum absolute atomic E-state index is 0.367. The van der Waals surface area contributed by atoms with Crippen molar-refractivity contribution in [1.82, 2.24) is 0 Å². The molecule has 1 aromatic heterocycles. The van der Waals surface area contributed by atoms with Crippen LogP contribution >= 0.6 is 0 Å². The molecule has 20 heavy (non-hydrogen) atoms. The van der Waals surface area contributed by atoms with Gasteiger partial charge in [-0.15, -0.1) is 0 Å². The number of carbonyl (C=O) groups excluding carboxylic acids is 1. The quantitative estimate of drug-likeness (QED) is 0.623. The van der Waals surface area contributed by atoms with Gasteiger partial charge in [-0.2, -0.15) is 0 Å². The molecule has 0 aliphatic rings. The van der Waals surface area contributed by atoms with Crippen molar-refractivity contribution in [3.05, 3.63) is 71.7 Å². The van der Waals surface area contributed by atoms with Crippen molar-refractivity contribution in [2.75, 3.05) is 0 Å². The highest BCUT2D eigenvalue weighted by atomic mass is 16.6. The van der Waals surface area contributed by atoms with E-state index in [-0.39, 0.29) is 0 Å². The molecule has 1 aromatic carbocycles. The summed E-state index contributed by atoms with van der Waals surface area (Å²) in [6.45, 7) is 9.13. The third kappa shape index (κ3) is 2.67. The largest absolute Gasteiger partial charge is 0.472 e. The number of aryl methyl sites for hydroxylation is 1. The summed E-state index contributed by atoms with van der Waals surface area (Å²) >= 11 is 0. The van der Waals surface area contributed by atoms with Gasteiger partial charge in [-0.1, -0.05) is 36.4 Å². The number of hydrogen-bond donors (Lipinski definition) is 0. The average Bonchev–Trinajstić information content (AvgIpc) is 2.93. The van der Waals surface area contributed by atoms with Crippen LogP contribution in [0.2, 0.25) is 0 Å². The summed E-state index contributed by atoms with van der Waals surface area (Å²) in [7, 11) is 0. The highest BCUT2D eigenvalue weighted by Gasteiger charge is 2.34. The zero-order chi connectivity index (χ0) is 14.8. The second kappa shape index (κ2) is 5.37. The van der Waals surface area contributed by atoms with Crippen LogP contribution in [-0.2, 0) is 15.1 Å². The molecule has 0 fully saturated rings. The van der Waals surface area contributed by atoms with Crippen LogP contribution in [-0.4, -0.2) is 5.97 Å². The van der Waals surface area contributed by atoms with Crippen LogP contribution in [0, 0.1) is 6.92 Å². The molecule has 104 valence electrons. The van der Waals surface area contributed by atoms with Crippen molar-refractivity contribution in [2.45, 2.75) is 26.4 Å². The molecule has 0 aliphatic heterocycles. The number of rotatable bonds is 4. The first-order valence-electron chi connectivity index (χ1n) is 6.42. The summed E-state index contributed by atoms with van der Waals surface area (Å²) < 4.78 is 10.8. The highest BCUT2D eigenvalue weighted by molar-refractivity contribution is 5.87. The van der Waals surface area contributed by atoms with Crippen LogP contribution < -0.4 is 0 Å². The minimum Gasteiger partial charge on any atom is -0.472 e. The number of ether oxygens (including phenoxy) is 1. The van der Waals surface area contributed by atoms with Gasteiger partial charge in [-0.3, -0.25) is 0 Å². The van der Waals surface area contributed by atoms with Crippen molar-refractivity contribution in [1.29, 1.82) is 0 Å². The molecule has 1 atom stereocenters. The Morgan fingerprint density at radius 1 is 1.20 bits per heavy atom. The van der Waals surface area contributed by atoms with E-state index < -0.39 is 11.6 Å². The van der Waals surface area contributed by atoms with E-state index in [0.29, 0.717) is 5.57 Å². The summed E-state index contributed by atoms with van der Waals surface area (Å²) in [5.74, 6) is -0.422. The van der Waals surface area contributed by atoms with Crippen molar-refractivity contribution in [3.8, 4) is 0 Å². The third-order valence-corrected chi connectivity index (χ3v) is 3.32. The molecule has 0 bridgehead atoms. The van der Waals surface area contributed by atoms with Crippen LogP contribution in [0.4, 0.5) is 0 Å². The predicted octanol–water partition coefficient (Wildman–Crippen LogP) is 3.97. The Kier molecular flexibility index (Phi) is 3.79. The predicted molar refractivity (Wildman–Crippen MR) is 77.2 cm³/mol. The van der Waals surface area contributed by atoms with Gasteiger partial charge in [0, 0.05) is 11.1 Å². The first-order chi connectivity index (χ1) is 9.43. The lowest BCUT2D eigenvalue weighted by Crippen LogP contribution is -2.30. The molecule has 0 radical (unpaired) electrons. The minimum atomic E-state index is -0.892. The Morgan fingerprint density at radius 2 is 1.85 bits per heavy atom. The molecular formula is C17H18O3. The normalized spacial score (nSPS) is 13.6. The van der Waals surface area contributed by atoms with Gasteiger partial charge in [0.1, 0.15) is 0 Å². The van der Waals surface area contributed by atoms with Crippen LogP contribution in [0.5, 0.6) is 0 Å². The maximum Gasteiger partial charge on any atom is 0.334 e. The van der Waals surface area contributed by atoms with E-state index in [2.05, 4.69) is 6.58 Å². The second-order valence-corrected chi connectivity index (χ2v) is 5.08. The zero-order valence-electron chi connectivity index (χ0n) is 12.0.